The fourth-order valence-corrected chi connectivity index (χ4v) is 2.01. The number of imidazole rings is 1. The molecule has 0 bridgehead atoms. The zero-order valence-electron chi connectivity index (χ0n) is 11.8. The van der Waals surface area contributed by atoms with E-state index < -0.39 is 10.8 Å². The van der Waals surface area contributed by atoms with Crippen LogP contribution in [0.1, 0.15) is 16.2 Å². The Bertz CT molecular complexity index is 883. The first-order chi connectivity index (χ1) is 11.1. The van der Waals surface area contributed by atoms with Gasteiger partial charge < -0.3 is 4.98 Å². The molecule has 2 N–H and O–H groups in total. The van der Waals surface area contributed by atoms with Crippen molar-refractivity contribution in [1.29, 1.82) is 0 Å². The zero-order valence-corrected chi connectivity index (χ0v) is 11.8. The van der Waals surface area contributed by atoms with Gasteiger partial charge in [0, 0.05) is 17.7 Å². The van der Waals surface area contributed by atoms with E-state index in [1.165, 1.54) is 30.5 Å². The first-order valence-corrected chi connectivity index (χ1v) is 6.66. The van der Waals surface area contributed by atoms with E-state index in [1.807, 2.05) is 24.3 Å². The van der Waals surface area contributed by atoms with Gasteiger partial charge in [-0.2, -0.15) is 5.10 Å². The van der Waals surface area contributed by atoms with E-state index in [4.69, 9.17) is 0 Å². The molecule has 114 valence electrons. The summed E-state index contributed by atoms with van der Waals surface area (Å²) in [6.45, 7) is 0. The van der Waals surface area contributed by atoms with Crippen LogP contribution in [0.5, 0.6) is 0 Å². The second kappa shape index (κ2) is 6.06. The lowest BCUT2D eigenvalue weighted by Crippen LogP contribution is -2.17. The Balaban J connectivity index is 1.70. The van der Waals surface area contributed by atoms with Gasteiger partial charge in [0.25, 0.3) is 11.6 Å². The molecular weight excluding hydrogens is 298 g/mol. The number of hydrogen-bond acceptors (Lipinski definition) is 5. The number of amides is 1. The molecule has 2 aromatic carbocycles. The third kappa shape index (κ3) is 3.21. The Kier molecular flexibility index (Phi) is 3.79. The number of para-hydroxylation sites is 2. The van der Waals surface area contributed by atoms with Crippen molar-refractivity contribution in [2.45, 2.75) is 0 Å². The molecule has 0 atom stereocenters. The van der Waals surface area contributed by atoms with Crippen molar-refractivity contribution >= 4 is 28.8 Å². The Labute approximate surface area is 130 Å². The molecule has 0 radical (unpaired) electrons. The van der Waals surface area contributed by atoms with Gasteiger partial charge in [-0.15, -0.1) is 0 Å². The molecule has 0 aliphatic carbocycles. The van der Waals surface area contributed by atoms with Crippen LogP contribution in [0.3, 0.4) is 0 Å². The van der Waals surface area contributed by atoms with Crippen molar-refractivity contribution in [3.63, 3.8) is 0 Å². The number of hydrazone groups is 1. The number of benzene rings is 2. The molecule has 23 heavy (non-hydrogen) atoms. The van der Waals surface area contributed by atoms with Gasteiger partial charge in [-0.05, 0) is 18.2 Å². The molecule has 0 aliphatic heterocycles. The average Bonchev–Trinajstić information content (AvgIpc) is 2.97. The smallest absolute Gasteiger partial charge is 0.271 e. The maximum Gasteiger partial charge on any atom is 0.271 e. The molecule has 1 aromatic heterocycles. The number of carbonyl (C=O) groups is 1. The van der Waals surface area contributed by atoms with Crippen LogP contribution in [-0.2, 0) is 0 Å². The molecule has 0 fully saturated rings. The van der Waals surface area contributed by atoms with Gasteiger partial charge in [0.15, 0.2) is 5.82 Å². The van der Waals surface area contributed by atoms with Crippen LogP contribution in [0, 0.1) is 10.1 Å². The highest BCUT2D eigenvalue weighted by Gasteiger charge is 2.10. The van der Waals surface area contributed by atoms with E-state index in [2.05, 4.69) is 20.5 Å². The molecule has 0 spiro atoms. The summed E-state index contributed by atoms with van der Waals surface area (Å²) in [5.74, 6) is -0.0494. The highest BCUT2D eigenvalue weighted by Crippen LogP contribution is 2.13. The Morgan fingerprint density at radius 1 is 1.26 bits per heavy atom. The molecule has 0 unspecified atom stereocenters. The Hall–Kier alpha value is -3.55. The Morgan fingerprint density at radius 3 is 2.87 bits per heavy atom. The molecule has 1 amide bonds. The summed E-state index contributed by atoms with van der Waals surface area (Å²) in [6.07, 6.45) is 1.37. The largest absolute Gasteiger partial charge is 0.337 e. The molecule has 1 heterocycles. The van der Waals surface area contributed by atoms with Crippen LogP contribution in [0.4, 0.5) is 5.69 Å². The quantitative estimate of drug-likeness (QED) is 0.437. The van der Waals surface area contributed by atoms with Gasteiger partial charge in [0.1, 0.15) is 0 Å². The van der Waals surface area contributed by atoms with E-state index in [1.54, 1.807) is 0 Å². The van der Waals surface area contributed by atoms with Crippen LogP contribution in [0.2, 0.25) is 0 Å². The van der Waals surface area contributed by atoms with Gasteiger partial charge in [-0.25, -0.2) is 10.4 Å². The summed E-state index contributed by atoms with van der Waals surface area (Å²) in [5.41, 5.74) is 3.96. The number of H-pyrrole nitrogens is 1. The lowest BCUT2D eigenvalue weighted by Gasteiger charge is -1.99. The predicted octanol–water partition coefficient (Wildman–Crippen LogP) is 2.24. The van der Waals surface area contributed by atoms with Gasteiger partial charge >= 0.3 is 0 Å². The number of nitro benzene ring substituents is 1. The number of non-ortho nitro benzene ring substituents is 1. The predicted molar refractivity (Wildman–Crippen MR) is 84.3 cm³/mol. The molecule has 0 saturated heterocycles. The van der Waals surface area contributed by atoms with E-state index in [0.29, 0.717) is 5.82 Å². The van der Waals surface area contributed by atoms with Gasteiger partial charge in [0.05, 0.1) is 22.2 Å². The van der Waals surface area contributed by atoms with Crippen molar-refractivity contribution in [1.82, 2.24) is 15.4 Å². The van der Waals surface area contributed by atoms with Gasteiger partial charge in [-0.3, -0.25) is 14.9 Å². The van der Waals surface area contributed by atoms with Crippen LogP contribution in [0.25, 0.3) is 11.0 Å². The third-order valence-corrected chi connectivity index (χ3v) is 3.08. The number of carbonyl (C=O) groups excluding carboxylic acids is 1. The number of nitro groups is 1. The maximum atomic E-state index is 11.9. The van der Waals surface area contributed by atoms with E-state index in [9.17, 15) is 14.9 Å². The summed E-state index contributed by atoms with van der Waals surface area (Å²) in [5, 5.41) is 14.5. The topological polar surface area (TPSA) is 113 Å². The van der Waals surface area contributed by atoms with Crippen molar-refractivity contribution in [3.05, 3.63) is 70.0 Å². The molecule has 3 aromatic rings. The van der Waals surface area contributed by atoms with E-state index in [0.717, 1.165) is 11.0 Å². The van der Waals surface area contributed by atoms with Crippen LogP contribution in [-0.4, -0.2) is 27.0 Å². The van der Waals surface area contributed by atoms with Crippen LogP contribution in [0.15, 0.2) is 53.6 Å². The van der Waals surface area contributed by atoms with E-state index in [-0.39, 0.29) is 11.3 Å². The van der Waals surface area contributed by atoms with Crippen molar-refractivity contribution in [3.8, 4) is 0 Å². The number of nitrogens with one attached hydrogen (secondary N) is 2. The third-order valence-electron chi connectivity index (χ3n) is 3.08. The fraction of sp³-hybridized carbons (Fsp3) is 0. The average molecular weight is 309 g/mol. The second-order valence-corrected chi connectivity index (χ2v) is 4.65. The van der Waals surface area contributed by atoms with E-state index >= 15 is 0 Å². The number of rotatable bonds is 4. The van der Waals surface area contributed by atoms with Gasteiger partial charge in [-0.1, -0.05) is 18.2 Å². The molecule has 0 saturated carbocycles. The fourth-order valence-electron chi connectivity index (χ4n) is 2.01. The number of aromatic nitrogens is 2. The summed E-state index contributed by atoms with van der Waals surface area (Å²) >= 11 is 0. The molecule has 3 rings (SSSR count). The zero-order chi connectivity index (χ0) is 16.2. The number of nitrogens with zero attached hydrogens (tertiary/aromatic N) is 3. The monoisotopic (exact) mass is 309 g/mol. The maximum absolute atomic E-state index is 11.9. The highest BCUT2D eigenvalue weighted by molar-refractivity contribution is 5.95. The summed E-state index contributed by atoms with van der Waals surface area (Å²) in [4.78, 5) is 29.3. The summed E-state index contributed by atoms with van der Waals surface area (Å²) in [6, 6.07) is 12.9. The number of fused-ring (bicyclic) bond motifs is 1. The molecule has 8 nitrogen and oxygen atoms in total. The summed E-state index contributed by atoms with van der Waals surface area (Å²) in [7, 11) is 0. The lowest BCUT2D eigenvalue weighted by molar-refractivity contribution is -0.384. The summed E-state index contributed by atoms with van der Waals surface area (Å²) < 4.78 is 0. The van der Waals surface area contributed by atoms with Crippen LogP contribution >= 0.6 is 0 Å². The minimum Gasteiger partial charge on any atom is -0.337 e. The SMILES string of the molecule is O=C(N/N=C/c1nc2ccccc2[nH]1)c1cccc([N+](=O)[O-])c1. The standard InChI is InChI=1S/C15H11N5O3/c21-15(10-4-3-5-11(8-10)20(22)23)19-16-9-14-17-12-6-1-2-7-13(12)18-14/h1-9H,(H,17,18)(H,19,21)/b16-9+. The van der Waals surface area contributed by atoms with Crippen molar-refractivity contribution < 1.29 is 9.72 Å². The minimum atomic E-state index is -0.561. The van der Waals surface area contributed by atoms with Crippen LogP contribution < -0.4 is 5.43 Å². The molecular formula is C15H11N5O3. The second-order valence-electron chi connectivity index (χ2n) is 4.65. The van der Waals surface area contributed by atoms with Crippen molar-refractivity contribution in [2.24, 2.45) is 5.10 Å². The van der Waals surface area contributed by atoms with Crippen molar-refractivity contribution in [2.75, 3.05) is 0 Å². The molecule has 0 aliphatic rings. The highest BCUT2D eigenvalue weighted by atomic mass is 16.6. The first-order valence-electron chi connectivity index (χ1n) is 6.66. The number of hydrogen-bond donors (Lipinski definition) is 2. The lowest BCUT2D eigenvalue weighted by atomic mass is 10.2. The Morgan fingerprint density at radius 2 is 2.09 bits per heavy atom. The molecule has 8 heteroatoms. The van der Waals surface area contributed by atoms with Gasteiger partial charge in [0.2, 0.25) is 0 Å². The first kappa shape index (κ1) is 14.4. The minimum absolute atomic E-state index is 0.154. The number of aromatic amines is 1. The normalized spacial score (nSPS) is 11.0.